The number of Topliss-reactive ketones (excluding diaryl/α,β-unsaturated/α-hetero) is 1. The molecule has 3 atom stereocenters. The second-order valence-corrected chi connectivity index (χ2v) is 9.45. The topological polar surface area (TPSA) is 127 Å². The minimum absolute atomic E-state index is 0.0272. The molecule has 1 aromatic heterocycles. The molecule has 1 aliphatic heterocycles. The van der Waals surface area contributed by atoms with Crippen LogP contribution in [0.25, 0.3) is 0 Å². The lowest BCUT2D eigenvalue weighted by Gasteiger charge is -2.42. The third-order valence-corrected chi connectivity index (χ3v) is 6.27. The van der Waals surface area contributed by atoms with Gasteiger partial charge in [-0.1, -0.05) is 13.8 Å². The van der Waals surface area contributed by atoms with Gasteiger partial charge in [0.05, 0.1) is 12.5 Å². The highest BCUT2D eigenvalue weighted by Crippen LogP contribution is 2.34. The molecule has 1 fully saturated rings. The number of halogens is 4. The molecular formula is C26H29F4N3O6. The van der Waals surface area contributed by atoms with Gasteiger partial charge in [0.15, 0.2) is 23.2 Å². The van der Waals surface area contributed by atoms with Crippen molar-refractivity contribution in [3.05, 3.63) is 59.4 Å². The van der Waals surface area contributed by atoms with Gasteiger partial charge in [-0.3, -0.25) is 24.7 Å². The van der Waals surface area contributed by atoms with Gasteiger partial charge in [0.1, 0.15) is 18.4 Å². The number of pyridine rings is 1. The number of carbonyl (C=O) groups is 3. The Hall–Kier alpha value is -3.58. The van der Waals surface area contributed by atoms with E-state index in [2.05, 4.69) is 20.4 Å². The van der Waals surface area contributed by atoms with E-state index < -0.39 is 77.5 Å². The Balaban J connectivity index is 1.79. The van der Waals surface area contributed by atoms with Gasteiger partial charge in [0.2, 0.25) is 17.5 Å². The van der Waals surface area contributed by atoms with Gasteiger partial charge < -0.3 is 19.9 Å². The van der Waals surface area contributed by atoms with E-state index in [1.54, 1.807) is 38.4 Å². The molecule has 0 radical (unpaired) electrons. The van der Waals surface area contributed by atoms with Crippen LogP contribution in [0, 0.1) is 29.2 Å². The molecule has 39 heavy (non-hydrogen) atoms. The average Bonchev–Trinajstić information content (AvgIpc) is 2.90. The monoisotopic (exact) mass is 555 g/mol. The summed E-state index contributed by atoms with van der Waals surface area (Å²) in [4.78, 5) is 41.5. The Kier molecular flexibility index (Phi) is 9.97. The molecule has 1 aliphatic rings. The third-order valence-electron chi connectivity index (χ3n) is 6.27. The van der Waals surface area contributed by atoms with E-state index in [0.717, 1.165) is 18.4 Å². The largest absolute Gasteiger partial charge is 0.481 e. The molecule has 1 amide bonds. The van der Waals surface area contributed by atoms with E-state index >= 15 is 0 Å². The van der Waals surface area contributed by atoms with Crippen molar-refractivity contribution in [1.29, 1.82) is 0 Å². The van der Waals surface area contributed by atoms with Crippen LogP contribution in [0.5, 0.6) is 5.75 Å². The van der Waals surface area contributed by atoms with Crippen LogP contribution in [0.2, 0.25) is 0 Å². The third kappa shape index (κ3) is 7.30. The van der Waals surface area contributed by atoms with Crippen LogP contribution in [0.1, 0.15) is 45.1 Å². The number of carbonyl (C=O) groups excluding carboxylic acids is 2. The molecule has 1 saturated heterocycles. The molecule has 3 N–H and O–H groups in total. The number of benzene rings is 1. The standard InChI is InChI=1S/C26H29F4N3O6/c1-14(2)23(33-26(7-3-4-10-39-26)15-5-8-31-9-6-15)25(37)32-18(12-20(35)36)19(34)13-38-24-21(29)16(27)11-17(28)22(24)30/h5-6,8-9,11,14,18,23,33H,3-4,7,10,12-13H2,1-2H3,(H,32,37)(H,35,36)/t18-,23-,26?/m0/s1. The van der Waals surface area contributed by atoms with Crippen LogP contribution >= 0.6 is 0 Å². The minimum Gasteiger partial charge on any atom is -0.481 e. The van der Waals surface area contributed by atoms with Gasteiger partial charge in [-0.05, 0) is 37.3 Å². The van der Waals surface area contributed by atoms with E-state index in [4.69, 9.17) is 4.74 Å². The minimum atomic E-state index is -1.86. The summed E-state index contributed by atoms with van der Waals surface area (Å²) < 4.78 is 65.5. The molecule has 3 rings (SSSR count). The summed E-state index contributed by atoms with van der Waals surface area (Å²) in [7, 11) is 0. The quantitative estimate of drug-likeness (QED) is 0.269. The number of amides is 1. The molecule has 212 valence electrons. The summed E-state index contributed by atoms with van der Waals surface area (Å²) in [5.41, 5.74) is -0.312. The van der Waals surface area contributed by atoms with E-state index in [1.165, 1.54) is 0 Å². The predicted molar refractivity (Wildman–Crippen MR) is 128 cm³/mol. The molecule has 0 bridgehead atoms. The first kappa shape index (κ1) is 30.0. The number of ether oxygens (including phenoxy) is 2. The van der Waals surface area contributed by atoms with Crippen LogP contribution in [0.15, 0.2) is 30.6 Å². The molecule has 9 nitrogen and oxygen atoms in total. The Labute approximate surface area is 221 Å². The summed E-state index contributed by atoms with van der Waals surface area (Å²) >= 11 is 0. The number of hydrogen-bond acceptors (Lipinski definition) is 7. The highest BCUT2D eigenvalue weighted by Gasteiger charge is 2.40. The van der Waals surface area contributed by atoms with Gasteiger partial charge in [-0.15, -0.1) is 0 Å². The Morgan fingerprint density at radius 2 is 1.74 bits per heavy atom. The zero-order chi connectivity index (χ0) is 28.7. The molecule has 2 aromatic rings. The predicted octanol–water partition coefficient (Wildman–Crippen LogP) is 3.21. The molecule has 0 saturated carbocycles. The fraction of sp³-hybridized carbons (Fsp3) is 0.462. The van der Waals surface area contributed by atoms with Crippen molar-refractivity contribution in [2.24, 2.45) is 5.92 Å². The van der Waals surface area contributed by atoms with Gasteiger partial charge in [-0.25, -0.2) is 8.78 Å². The molecule has 1 aromatic carbocycles. The molecule has 1 unspecified atom stereocenters. The fourth-order valence-corrected chi connectivity index (χ4v) is 4.23. The molecule has 13 heteroatoms. The zero-order valence-electron chi connectivity index (χ0n) is 21.3. The van der Waals surface area contributed by atoms with E-state index in [-0.39, 0.29) is 12.0 Å². The van der Waals surface area contributed by atoms with Crippen molar-refractivity contribution in [2.75, 3.05) is 13.2 Å². The zero-order valence-corrected chi connectivity index (χ0v) is 21.3. The maximum absolute atomic E-state index is 13.9. The Morgan fingerprint density at radius 3 is 2.28 bits per heavy atom. The van der Waals surface area contributed by atoms with Gasteiger partial charge >= 0.3 is 5.97 Å². The second kappa shape index (κ2) is 13.0. The first-order valence-electron chi connectivity index (χ1n) is 12.3. The number of hydrogen-bond donors (Lipinski definition) is 3. The van der Waals surface area contributed by atoms with Crippen molar-refractivity contribution in [3.63, 3.8) is 0 Å². The lowest BCUT2D eigenvalue weighted by atomic mass is 9.91. The Bertz CT molecular complexity index is 1170. The van der Waals surface area contributed by atoms with Crippen molar-refractivity contribution >= 4 is 17.7 Å². The number of nitrogens with zero attached hydrogens (tertiary/aromatic N) is 1. The van der Waals surface area contributed by atoms with Crippen LogP contribution in [-0.4, -0.2) is 53.0 Å². The summed E-state index contributed by atoms with van der Waals surface area (Å²) in [5.74, 6) is -12.3. The lowest BCUT2D eigenvalue weighted by Crippen LogP contribution is -2.60. The van der Waals surface area contributed by atoms with E-state index in [1.807, 2.05) is 0 Å². The maximum atomic E-state index is 13.9. The molecule has 2 heterocycles. The summed E-state index contributed by atoms with van der Waals surface area (Å²) in [6, 6.07) is 0.825. The SMILES string of the molecule is CC(C)[C@H](NC1(c2ccncc2)CCCCO1)C(=O)N[C@@H](CC(=O)O)C(=O)COc1c(F)c(F)cc(F)c1F. The van der Waals surface area contributed by atoms with E-state index in [0.29, 0.717) is 13.0 Å². The van der Waals surface area contributed by atoms with Gasteiger partial charge in [0.25, 0.3) is 0 Å². The summed E-state index contributed by atoms with van der Waals surface area (Å²) in [6.45, 7) is 2.73. The maximum Gasteiger partial charge on any atom is 0.305 e. The van der Waals surface area contributed by atoms with Gasteiger partial charge in [-0.2, -0.15) is 8.78 Å². The highest BCUT2D eigenvalue weighted by atomic mass is 19.2. The van der Waals surface area contributed by atoms with Crippen molar-refractivity contribution in [1.82, 2.24) is 15.6 Å². The lowest BCUT2D eigenvalue weighted by molar-refractivity contribution is -0.143. The number of rotatable bonds is 12. The molecule has 0 spiro atoms. The number of ketones is 1. The summed E-state index contributed by atoms with van der Waals surface area (Å²) in [5, 5.41) is 14.9. The van der Waals surface area contributed by atoms with Crippen molar-refractivity contribution < 1.29 is 46.5 Å². The normalized spacial score (nSPS) is 18.8. The van der Waals surface area contributed by atoms with Crippen LogP contribution in [0.4, 0.5) is 17.6 Å². The van der Waals surface area contributed by atoms with Crippen LogP contribution in [0.3, 0.4) is 0 Å². The fourth-order valence-electron chi connectivity index (χ4n) is 4.23. The first-order valence-corrected chi connectivity index (χ1v) is 12.3. The number of carboxylic acids is 1. The van der Waals surface area contributed by atoms with Crippen LogP contribution < -0.4 is 15.4 Å². The average molecular weight is 556 g/mol. The smallest absolute Gasteiger partial charge is 0.305 e. The molecular weight excluding hydrogens is 526 g/mol. The van der Waals surface area contributed by atoms with Crippen molar-refractivity contribution in [3.8, 4) is 5.75 Å². The van der Waals surface area contributed by atoms with Gasteiger partial charge in [0, 0.05) is 30.6 Å². The first-order chi connectivity index (χ1) is 18.4. The second-order valence-electron chi connectivity index (χ2n) is 9.45. The number of nitrogens with one attached hydrogen (secondary N) is 2. The van der Waals surface area contributed by atoms with Crippen LogP contribution in [-0.2, 0) is 24.8 Å². The number of aliphatic carboxylic acids is 1. The Morgan fingerprint density at radius 1 is 1.10 bits per heavy atom. The van der Waals surface area contributed by atoms with Crippen molar-refractivity contribution in [2.45, 2.75) is 57.3 Å². The summed E-state index contributed by atoms with van der Waals surface area (Å²) in [6.07, 6.45) is 4.43. The molecule has 0 aliphatic carbocycles. The number of carboxylic acid groups (broad SMARTS) is 1. The number of aromatic nitrogens is 1. The van der Waals surface area contributed by atoms with E-state index in [9.17, 15) is 37.1 Å². The highest BCUT2D eigenvalue weighted by molar-refractivity contribution is 5.94.